The second-order valence-corrected chi connectivity index (χ2v) is 6.42. The zero-order valence-corrected chi connectivity index (χ0v) is 15.6. The maximum absolute atomic E-state index is 12.1. The first-order chi connectivity index (χ1) is 10.9. The van der Waals surface area contributed by atoms with Crippen LogP contribution in [0.25, 0.3) is 0 Å². The molecule has 0 amide bonds. The lowest BCUT2D eigenvalue weighted by atomic mass is 9.86. The Bertz CT molecular complexity index is 663. The predicted octanol–water partition coefficient (Wildman–Crippen LogP) is 3.09. The summed E-state index contributed by atoms with van der Waals surface area (Å²) >= 11 is 8.70. The molecule has 124 valence electrons. The van der Waals surface area contributed by atoms with Crippen molar-refractivity contribution in [3.63, 3.8) is 0 Å². The maximum atomic E-state index is 12.1. The molecule has 1 aromatic rings. The normalized spacial score (nSPS) is 20.5. The first-order valence-corrected chi connectivity index (χ1v) is 8.36. The van der Waals surface area contributed by atoms with Crippen molar-refractivity contribution in [3.8, 4) is 11.5 Å². The number of nitrogens with one attached hydrogen (secondary N) is 2. The van der Waals surface area contributed by atoms with Crippen molar-refractivity contribution in [2.24, 2.45) is 5.92 Å². The quantitative estimate of drug-likeness (QED) is 0.743. The van der Waals surface area contributed by atoms with Crippen LogP contribution in [0.4, 0.5) is 0 Å². The Kier molecular flexibility index (Phi) is 5.64. The average Bonchev–Trinajstić information content (AvgIpc) is 2.45. The van der Waals surface area contributed by atoms with Crippen LogP contribution < -0.4 is 20.1 Å². The van der Waals surface area contributed by atoms with Gasteiger partial charge in [-0.05, 0) is 59.7 Å². The van der Waals surface area contributed by atoms with Gasteiger partial charge in [0.2, 0.25) is 0 Å². The van der Waals surface area contributed by atoms with Crippen molar-refractivity contribution in [2.75, 3.05) is 13.7 Å². The molecule has 2 atom stereocenters. The lowest BCUT2D eigenvalue weighted by Gasteiger charge is -2.35. The Morgan fingerprint density at radius 3 is 2.74 bits per heavy atom. The van der Waals surface area contributed by atoms with Crippen LogP contribution in [0.5, 0.6) is 11.5 Å². The van der Waals surface area contributed by atoms with Crippen LogP contribution in [0, 0.1) is 5.92 Å². The van der Waals surface area contributed by atoms with Gasteiger partial charge in [-0.15, -0.1) is 0 Å². The minimum atomic E-state index is -0.420. The van der Waals surface area contributed by atoms with Gasteiger partial charge in [0.05, 0.1) is 30.1 Å². The Morgan fingerprint density at radius 2 is 2.17 bits per heavy atom. The minimum Gasteiger partial charge on any atom is -0.492 e. The molecule has 1 heterocycles. The largest absolute Gasteiger partial charge is 0.492 e. The van der Waals surface area contributed by atoms with Gasteiger partial charge in [-0.1, -0.05) is 6.58 Å². The molecule has 1 fully saturated rings. The van der Waals surface area contributed by atoms with E-state index < -0.39 is 5.92 Å². The van der Waals surface area contributed by atoms with Crippen LogP contribution in [-0.2, 0) is 4.79 Å². The molecule has 0 aromatic heterocycles. The van der Waals surface area contributed by atoms with Crippen molar-refractivity contribution < 1.29 is 14.3 Å². The Balaban J connectivity index is 2.51. The van der Waals surface area contributed by atoms with Crippen LogP contribution in [0.3, 0.4) is 0 Å². The topological polar surface area (TPSA) is 59.6 Å². The summed E-state index contributed by atoms with van der Waals surface area (Å²) in [6, 6.07) is 3.45. The van der Waals surface area contributed by atoms with E-state index >= 15 is 0 Å². The van der Waals surface area contributed by atoms with E-state index in [4.69, 9.17) is 21.7 Å². The fourth-order valence-corrected chi connectivity index (χ4v) is 3.55. The molecule has 1 saturated heterocycles. The highest BCUT2D eigenvalue weighted by Gasteiger charge is 2.35. The highest BCUT2D eigenvalue weighted by atomic mass is 79.9. The SMILES string of the molecule is C=C1NC(=S)N[C@@H](c2cc(Br)c(OC)c(OCC)c2)[C@H]1C(C)=O. The summed E-state index contributed by atoms with van der Waals surface area (Å²) in [7, 11) is 1.58. The number of rotatable bonds is 5. The summed E-state index contributed by atoms with van der Waals surface area (Å²) in [5, 5.41) is 6.52. The molecule has 0 unspecified atom stereocenters. The summed E-state index contributed by atoms with van der Waals surface area (Å²) in [6.07, 6.45) is 0. The number of carbonyl (C=O) groups excluding carboxylic acids is 1. The van der Waals surface area contributed by atoms with Gasteiger partial charge in [-0.2, -0.15) is 0 Å². The number of carbonyl (C=O) groups is 1. The van der Waals surface area contributed by atoms with Gasteiger partial charge in [-0.25, -0.2) is 0 Å². The van der Waals surface area contributed by atoms with E-state index in [1.807, 2.05) is 19.1 Å². The van der Waals surface area contributed by atoms with Crippen LogP contribution in [0.1, 0.15) is 25.5 Å². The standard InChI is InChI=1S/C16H19BrN2O3S/c1-5-22-12-7-10(6-11(17)15(12)21-4)14-13(9(3)20)8(2)18-16(23)19-14/h6-7,13-14H,2,5H2,1,3-4H3,(H2,18,19,23)/t13-,14+/m1/s1. The zero-order valence-electron chi connectivity index (χ0n) is 13.2. The number of Topliss-reactive ketones (excluding diaryl/α,β-unsaturated/α-hetero) is 1. The zero-order chi connectivity index (χ0) is 17.1. The number of methoxy groups -OCH3 is 1. The number of halogens is 1. The molecule has 0 spiro atoms. The number of benzene rings is 1. The van der Waals surface area contributed by atoms with Crippen molar-refractivity contribution in [1.29, 1.82) is 0 Å². The monoisotopic (exact) mass is 398 g/mol. The Hall–Kier alpha value is -1.60. The molecule has 2 N–H and O–H groups in total. The Morgan fingerprint density at radius 1 is 1.48 bits per heavy atom. The molecule has 23 heavy (non-hydrogen) atoms. The fourth-order valence-electron chi connectivity index (χ4n) is 2.67. The van der Waals surface area contributed by atoms with Gasteiger partial charge < -0.3 is 20.1 Å². The summed E-state index contributed by atoms with van der Waals surface area (Å²) in [5.74, 6) is 0.813. The molecule has 1 aromatic carbocycles. The second kappa shape index (κ2) is 7.31. The molecule has 0 saturated carbocycles. The highest BCUT2D eigenvalue weighted by Crippen LogP contribution is 2.40. The van der Waals surface area contributed by atoms with E-state index in [0.717, 1.165) is 10.0 Å². The van der Waals surface area contributed by atoms with Crippen molar-refractivity contribution in [2.45, 2.75) is 19.9 Å². The molecule has 7 heteroatoms. The van der Waals surface area contributed by atoms with Crippen molar-refractivity contribution >= 4 is 39.0 Å². The van der Waals surface area contributed by atoms with E-state index in [0.29, 0.717) is 28.9 Å². The Labute approximate surface area is 149 Å². The number of hydrogen-bond donors (Lipinski definition) is 2. The van der Waals surface area contributed by atoms with E-state index in [1.165, 1.54) is 0 Å². The molecule has 5 nitrogen and oxygen atoms in total. The summed E-state index contributed by atoms with van der Waals surface area (Å²) in [6.45, 7) is 7.88. The molecule has 2 rings (SSSR count). The molecule has 0 radical (unpaired) electrons. The predicted molar refractivity (Wildman–Crippen MR) is 96.8 cm³/mol. The van der Waals surface area contributed by atoms with E-state index in [1.54, 1.807) is 14.0 Å². The van der Waals surface area contributed by atoms with E-state index in [-0.39, 0.29) is 11.8 Å². The smallest absolute Gasteiger partial charge is 0.174 e. The molecule has 1 aliphatic heterocycles. The molecule has 1 aliphatic rings. The average molecular weight is 399 g/mol. The molecular weight excluding hydrogens is 380 g/mol. The van der Waals surface area contributed by atoms with E-state index in [2.05, 4.69) is 33.1 Å². The number of ketones is 1. The highest BCUT2D eigenvalue weighted by molar-refractivity contribution is 9.10. The van der Waals surface area contributed by atoms with Gasteiger partial charge >= 0.3 is 0 Å². The number of hydrogen-bond acceptors (Lipinski definition) is 4. The second-order valence-electron chi connectivity index (χ2n) is 5.16. The third-order valence-electron chi connectivity index (χ3n) is 3.60. The number of thiocarbonyl (C=S) groups is 1. The van der Waals surface area contributed by atoms with Gasteiger partial charge in [-0.3, -0.25) is 4.79 Å². The van der Waals surface area contributed by atoms with Crippen LogP contribution in [-0.4, -0.2) is 24.6 Å². The van der Waals surface area contributed by atoms with Gasteiger partial charge in [0.15, 0.2) is 16.6 Å². The van der Waals surface area contributed by atoms with Gasteiger partial charge in [0.1, 0.15) is 5.78 Å². The molecule has 0 bridgehead atoms. The first kappa shape index (κ1) is 17.7. The van der Waals surface area contributed by atoms with Crippen LogP contribution >= 0.6 is 28.1 Å². The van der Waals surface area contributed by atoms with Crippen LogP contribution in [0.2, 0.25) is 0 Å². The summed E-state index contributed by atoms with van der Waals surface area (Å²) < 4.78 is 11.8. The lowest BCUT2D eigenvalue weighted by Crippen LogP contribution is -2.50. The molecular formula is C16H19BrN2O3S. The first-order valence-electron chi connectivity index (χ1n) is 7.16. The fraction of sp³-hybridized carbons (Fsp3) is 0.375. The molecule has 0 aliphatic carbocycles. The summed E-state index contributed by atoms with van der Waals surface area (Å²) in [4.78, 5) is 12.1. The van der Waals surface area contributed by atoms with Gasteiger partial charge in [0, 0.05) is 5.70 Å². The van der Waals surface area contributed by atoms with Gasteiger partial charge in [0.25, 0.3) is 0 Å². The lowest BCUT2D eigenvalue weighted by molar-refractivity contribution is -0.120. The summed E-state index contributed by atoms with van der Waals surface area (Å²) in [5.41, 5.74) is 1.46. The van der Waals surface area contributed by atoms with Crippen molar-refractivity contribution in [1.82, 2.24) is 10.6 Å². The third kappa shape index (κ3) is 3.67. The third-order valence-corrected chi connectivity index (χ3v) is 4.41. The van der Waals surface area contributed by atoms with E-state index in [9.17, 15) is 4.79 Å². The number of ether oxygens (including phenoxy) is 2. The van der Waals surface area contributed by atoms with Crippen LogP contribution in [0.15, 0.2) is 28.9 Å². The maximum Gasteiger partial charge on any atom is 0.174 e. The van der Waals surface area contributed by atoms with Crippen molar-refractivity contribution in [3.05, 3.63) is 34.4 Å². The minimum absolute atomic E-state index is 0.00685.